The Morgan fingerprint density at radius 1 is 0.839 bits per heavy atom. The molecule has 0 heterocycles. The van der Waals surface area contributed by atoms with E-state index in [2.05, 4.69) is 5.32 Å². The van der Waals surface area contributed by atoms with Crippen molar-refractivity contribution in [2.24, 2.45) is 0 Å². The van der Waals surface area contributed by atoms with Crippen molar-refractivity contribution in [1.29, 1.82) is 0 Å². The number of hydrogen-bond donors (Lipinski definition) is 2. The number of halogens is 3. The molecule has 0 fully saturated rings. The largest absolute Gasteiger partial charge is 0.480 e. The Morgan fingerprint density at radius 2 is 1.48 bits per heavy atom. The summed E-state index contributed by atoms with van der Waals surface area (Å²) in [5, 5.41) is 13.6. The second-order valence-electron chi connectivity index (χ2n) is 7.13. The van der Waals surface area contributed by atoms with E-state index in [4.69, 9.17) is 34.8 Å². The first-order valence-electron chi connectivity index (χ1n) is 9.60. The van der Waals surface area contributed by atoms with Crippen LogP contribution in [0.1, 0.15) is 29.0 Å². The van der Waals surface area contributed by atoms with Gasteiger partial charge in [-0.05, 0) is 41.0 Å². The minimum Gasteiger partial charge on any atom is -0.480 e. The van der Waals surface area contributed by atoms with Crippen LogP contribution in [-0.2, 0) is 16.0 Å². The van der Waals surface area contributed by atoms with Crippen molar-refractivity contribution in [2.75, 3.05) is 0 Å². The van der Waals surface area contributed by atoms with Gasteiger partial charge in [-0.25, -0.2) is 4.79 Å². The lowest BCUT2D eigenvalue weighted by Gasteiger charge is -2.21. The standard InChI is InChI=1S/C24H20Cl3NO3/c25-18-9-6-16(7-10-18)19(17-8-11-20(26)21(27)13-17)14-23(29)28-22(24(30)31)12-15-4-2-1-3-5-15/h1-11,13,19,22H,12,14H2,(H,28,29)(H,30,31)/t19?,22-/m0/s1. The van der Waals surface area contributed by atoms with Crippen LogP contribution < -0.4 is 5.32 Å². The van der Waals surface area contributed by atoms with Crippen LogP contribution in [0.3, 0.4) is 0 Å². The molecule has 3 aromatic carbocycles. The minimum atomic E-state index is -1.09. The van der Waals surface area contributed by atoms with Crippen LogP contribution in [0.5, 0.6) is 0 Å². The molecule has 2 N–H and O–H groups in total. The van der Waals surface area contributed by atoms with E-state index in [1.165, 1.54) is 0 Å². The monoisotopic (exact) mass is 475 g/mol. The molecule has 2 atom stereocenters. The number of hydrogen-bond acceptors (Lipinski definition) is 2. The molecule has 3 aromatic rings. The average molecular weight is 477 g/mol. The summed E-state index contributed by atoms with van der Waals surface area (Å²) >= 11 is 18.2. The lowest BCUT2D eigenvalue weighted by Crippen LogP contribution is -2.42. The number of carboxylic acids is 1. The SMILES string of the molecule is O=C(CC(c1ccc(Cl)cc1)c1ccc(Cl)c(Cl)c1)N[C@@H](Cc1ccccc1)C(=O)O. The summed E-state index contributed by atoms with van der Waals surface area (Å²) in [7, 11) is 0. The van der Waals surface area contributed by atoms with Gasteiger partial charge >= 0.3 is 5.97 Å². The highest BCUT2D eigenvalue weighted by Gasteiger charge is 2.24. The Bertz CT molecular complexity index is 1060. The van der Waals surface area contributed by atoms with Crippen molar-refractivity contribution < 1.29 is 14.7 Å². The fraction of sp³-hybridized carbons (Fsp3) is 0.167. The van der Waals surface area contributed by atoms with Gasteiger partial charge in [0.15, 0.2) is 0 Å². The highest BCUT2D eigenvalue weighted by atomic mass is 35.5. The van der Waals surface area contributed by atoms with E-state index in [9.17, 15) is 14.7 Å². The molecule has 160 valence electrons. The van der Waals surface area contributed by atoms with Gasteiger partial charge in [0.1, 0.15) is 6.04 Å². The molecular weight excluding hydrogens is 457 g/mol. The molecular formula is C24H20Cl3NO3. The van der Waals surface area contributed by atoms with Crippen LogP contribution in [0.25, 0.3) is 0 Å². The number of rotatable bonds is 8. The Hall–Kier alpha value is -2.53. The van der Waals surface area contributed by atoms with Gasteiger partial charge < -0.3 is 10.4 Å². The maximum absolute atomic E-state index is 12.9. The van der Waals surface area contributed by atoms with Crippen molar-refractivity contribution in [3.63, 3.8) is 0 Å². The molecule has 0 spiro atoms. The summed E-state index contributed by atoms with van der Waals surface area (Å²) in [5.74, 6) is -1.82. The van der Waals surface area contributed by atoms with Crippen LogP contribution in [0.15, 0.2) is 72.8 Å². The molecule has 0 aliphatic carbocycles. The third-order valence-corrected chi connectivity index (χ3v) is 5.91. The first-order chi connectivity index (χ1) is 14.8. The van der Waals surface area contributed by atoms with E-state index in [0.29, 0.717) is 15.1 Å². The fourth-order valence-corrected chi connectivity index (χ4v) is 3.77. The zero-order chi connectivity index (χ0) is 22.4. The number of carbonyl (C=O) groups excluding carboxylic acids is 1. The summed E-state index contributed by atoms with van der Waals surface area (Å²) in [5.41, 5.74) is 2.48. The first-order valence-corrected chi connectivity index (χ1v) is 10.7. The molecule has 3 rings (SSSR count). The maximum Gasteiger partial charge on any atom is 0.326 e. The number of carbonyl (C=O) groups is 2. The van der Waals surface area contributed by atoms with Gasteiger partial charge in [-0.15, -0.1) is 0 Å². The van der Waals surface area contributed by atoms with Crippen LogP contribution in [0.2, 0.25) is 15.1 Å². The summed E-state index contributed by atoms with van der Waals surface area (Å²) in [6.45, 7) is 0. The molecule has 4 nitrogen and oxygen atoms in total. The minimum absolute atomic E-state index is 0.0398. The second kappa shape index (κ2) is 10.7. The third kappa shape index (κ3) is 6.47. The highest BCUT2D eigenvalue weighted by Crippen LogP contribution is 2.33. The maximum atomic E-state index is 12.9. The summed E-state index contributed by atoms with van der Waals surface area (Å²) in [6.07, 6.45) is 0.235. The topological polar surface area (TPSA) is 66.4 Å². The predicted octanol–water partition coefficient (Wildman–Crippen LogP) is 5.98. The molecule has 0 aromatic heterocycles. The Morgan fingerprint density at radius 3 is 2.10 bits per heavy atom. The van der Waals surface area contributed by atoms with Crippen LogP contribution in [0.4, 0.5) is 0 Å². The Kier molecular flexibility index (Phi) is 7.97. The van der Waals surface area contributed by atoms with Gasteiger partial charge in [-0.2, -0.15) is 0 Å². The second-order valence-corrected chi connectivity index (χ2v) is 8.38. The normalized spacial score (nSPS) is 12.7. The van der Waals surface area contributed by atoms with Gasteiger partial charge in [0.25, 0.3) is 0 Å². The van der Waals surface area contributed by atoms with Crippen molar-refractivity contribution in [1.82, 2.24) is 5.32 Å². The van der Waals surface area contributed by atoms with Gasteiger partial charge in [0.05, 0.1) is 10.0 Å². The third-order valence-electron chi connectivity index (χ3n) is 4.92. The molecule has 1 amide bonds. The first kappa shape index (κ1) is 23.1. The van der Waals surface area contributed by atoms with E-state index < -0.39 is 12.0 Å². The van der Waals surface area contributed by atoms with E-state index in [1.54, 1.807) is 30.3 Å². The zero-order valence-corrected chi connectivity index (χ0v) is 18.7. The molecule has 7 heteroatoms. The molecule has 1 unspecified atom stereocenters. The summed E-state index contributed by atoms with van der Waals surface area (Å²) in [4.78, 5) is 24.6. The smallest absolute Gasteiger partial charge is 0.326 e. The van der Waals surface area contributed by atoms with Crippen molar-refractivity contribution >= 4 is 46.7 Å². The van der Waals surface area contributed by atoms with E-state index in [1.807, 2.05) is 42.5 Å². The quantitative estimate of drug-likeness (QED) is 0.420. The molecule has 0 aliphatic rings. The number of nitrogens with one attached hydrogen (secondary N) is 1. The van der Waals surface area contributed by atoms with E-state index >= 15 is 0 Å². The highest BCUT2D eigenvalue weighted by molar-refractivity contribution is 6.42. The number of amides is 1. The molecule has 0 aliphatic heterocycles. The summed E-state index contributed by atoms with van der Waals surface area (Å²) in [6, 6.07) is 20.5. The van der Waals surface area contributed by atoms with Crippen molar-refractivity contribution in [3.05, 3.63) is 105 Å². The molecule has 0 bridgehead atoms. The van der Waals surface area contributed by atoms with Crippen LogP contribution >= 0.6 is 34.8 Å². The zero-order valence-electron chi connectivity index (χ0n) is 16.4. The molecule has 31 heavy (non-hydrogen) atoms. The Balaban J connectivity index is 1.82. The number of benzene rings is 3. The average Bonchev–Trinajstić information content (AvgIpc) is 2.75. The van der Waals surface area contributed by atoms with Crippen molar-refractivity contribution in [2.45, 2.75) is 24.8 Å². The van der Waals surface area contributed by atoms with Crippen molar-refractivity contribution in [3.8, 4) is 0 Å². The number of aliphatic carboxylic acids is 1. The van der Waals surface area contributed by atoms with Gasteiger partial charge in [-0.1, -0.05) is 83.3 Å². The van der Waals surface area contributed by atoms with E-state index in [-0.39, 0.29) is 24.7 Å². The molecule has 0 saturated heterocycles. The van der Waals surface area contributed by atoms with E-state index in [0.717, 1.165) is 16.7 Å². The fourth-order valence-electron chi connectivity index (χ4n) is 3.34. The van der Waals surface area contributed by atoms with Crippen LogP contribution in [0, 0.1) is 0 Å². The van der Waals surface area contributed by atoms with Gasteiger partial charge in [0, 0.05) is 23.8 Å². The number of carboxylic acid groups (broad SMARTS) is 1. The van der Waals surface area contributed by atoms with Gasteiger partial charge in [0.2, 0.25) is 5.91 Å². The Labute approximate surface area is 195 Å². The summed E-state index contributed by atoms with van der Waals surface area (Å²) < 4.78 is 0. The lowest BCUT2D eigenvalue weighted by atomic mass is 9.88. The molecule has 0 radical (unpaired) electrons. The molecule has 0 saturated carbocycles. The lowest BCUT2D eigenvalue weighted by molar-refractivity contribution is -0.141. The predicted molar refractivity (Wildman–Crippen MR) is 124 cm³/mol. The van der Waals surface area contributed by atoms with Crippen LogP contribution in [-0.4, -0.2) is 23.0 Å². The van der Waals surface area contributed by atoms with Gasteiger partial charge in [-0.3, -0.25) is 4.79 Å².